The van der Waals surface area contributed by atoms with Gasteiger partial charge < -0.3 is 15.5 Å². The minimum absolute atomic E-state index is 0. The Balaban J connectivity index is 0. The van der Waals surface area contributed by atoms with Gasteiger partial charge in [-0.2, -0.15) is 0 Å². The number of halogens is 2. The molecule has 1 aromatic carbocycles. The van der Waals surface area contributed by atoms with E-state index in [1.54, 1.807) is 0 Å². The highest BCUT2D eigenvalue weighted by atomic mass is 35.5. The van der Waals surface area contributed by atoms with Gasteiger partial charge in [0.15, 0.2) is 0 Å². The Hall–Kier alpha value is -0.970. The number of benzene rings is 1. The van der Waals surface area contributed by atoms with Crippen LogP contribution in [-0.2, 0) is 0 Å². The van der Waals surface area contributed by atoms with Gasteiger partial charge in [-0.15, -0.1) is 24.8 Å². The molecule has 0 aliphatic carbocycles. The molecule has 0 radical (unpaired) electrons. The first kappa shape index (κ1) is 21.3. The predicted octanol–water partition coefficient (Wildman–Crippen LogP) is 2.33. The summed E-state index contributed by atoms with van der Waals surface area (Å²) >= 11 is 0. The molecule has 0 saturated heterocycles. The van der Waals surface area contributed by atoms with E-state index >= 15 is 0 Å². The van der Waals surface area contributed by atoms with Gasteiger partial charge in [0, 0.05) is 37.9 Å². The molecule has 1 rings (SSSR count). The van der Waals surface area contributed by atoms with Crippen molar-refractivity contribution in [3.8, 4) is 0 Å². The van der Waals surface area contributed by atoms with Crippen molar-refractivity contribution < 1.29 is 4.79 Å². The molecule has 0 unspecified atom stereocenters. The summed E-state index contributed by atoms with van der Waals surface area (Å²) in [6.45, 7) is 4.60. The molecule has 0 aliphatic heterocycles. The summed E-state index contributed by atoms with van der Waals surface area (Å²) in [5.74, 6) is -0.0186. The third-order valence-electron chi connectivity index (χ3n) is 2.79. The minimum atomic E-state index is -0.0186. The Morgan fingerprint density at radius 2 is 1.75 bits per heavy atom. The van der Waals surface area contributed by atoms with E-state index in [-0.39, 0.29) is 30.7 Å². The second kappa shape index (κ2) is 11.8. The average molecular weight is 322 g/mol. The lowest BCUT2D eigenvalue weighted by atomic mass is 10.2. The molecule has 0 fully saturated rings. The maximum atomic E-state index is 11.8. The fraction of sp³-hybridized carbons (Fsp3) is 0.500. The fourth-order valence-corrected chi connectivity index (χ4v) is 1.73. The van der Waals surface area contributed by atoms with Gasteiger partial charge in [0.2, 0.25) is 0 Å². The summed E-state index contributed by atoms with van der Waals surface area (Å²) in [5.41, 5.74) is 1.85. The zero-order chi connectivity index (χ0) is 13.4. The maximum Gasteiger partial charge on any atom is 0.251 e. The molecule has 4 nitrogen and oxygen atoms in total. The number of nitrogens with zero attached hydrogens (tertiary/aromatic N) is 1. The highest BCUT2D eigenvalue weighted by Gasteiger charge is 2.05. The molecule has 2 N–H and O–H groups in total. The maximum absolute atomic E-state index is 11.8. The summed E-state index contributed by atoms with van der Waals surface area (Å²) < 4.78 is 0. The van der Waals surface area contributed by atoms with Crippen LogP contribution in [0, 0.1) is 0 Å². The molecule has 20 heavy (non-hydrogen) atoms. The van der Waals surface area contributed by atoms with Gasteiger partial charge in [-0.05, 0) is 37.7 Å². The van der Waals surface area contributed by atoms with Crippen LogP contribution < -0.4 is 15.5 Å². The summed E-state index contributed by atoms with van der Waals surface area (Å²) in [5, 5.41) is 5.85. The molecule has 6 heteroatoms. The number of anilines is 1. The molecule has 0 saturated carbocycles. The number of amides is 1. The smallest absolute Gasteiger partial charge is 0.251 e. The van der Waals surface area contributed by atoms with E-state index in [0.717, 1.165) is 25.2 Å². The molecular weight excluding hydrogens is 297 g/mol. The summed E-state index contributed by atoms with van der Waals surface area (Å²) in [7, 11) is 3.93. The number of hydrogen-bond donors (Lipinski definition) is 2. The van der Waals surface area contributed by atoms with E-state index < -0.39 is 0 Å². The first-order chi connectivity index (χ1) is 8.69. The molecule has 0 heterocycles. The van der Waals surface area contributed by atoms with Crippen LogP contribution in [0.2, 0.25) is 0 Å². The highest BCUT2D eigenvalue weighted by Crippen LogP contribution is 2.13. The number of likely N-dealkylation sites (N-methyl/N-ethyl adjacent to an activating group) is 1. The molecular formula is C14H25Cl2N3O. The quantitative estimate of drug-likeness (QED) is 0.757. The largest absolute Gasteiger partial charge is 0.375 e. The van der Waals surface area contributed by atoms with Crippen LogP contribution in [0.3, 0.4) is 0 Å². The molecule has 0 aromatic heterocycles. The van der Waals surface area contributed by atoms with Gasteiger partial charge in [-0.1, -0.05) is 6.92 Å². The number of rotatable bonds is 7. The molecule has 0 aliphatic rings. The van der Waals surface area contributed by atoms with Gasteiger partial charge in [-0.3, -0.25) is 4.79 Å². The van der Waals surface area contributed by atoms with Crippen molar-refractivity contribution in [1.29, 1.82) is 0 Å². The van der Waals surface area contributed by atoms with E-state index in [9.17, 15) is 4.79 Å². The Morgan fingerprint density at radius 3 is 2.25 bits per heavy atom. The molecule has 0 bridgehead atoms. The van der Waals surface area contributed by atoms with Crippen LogP contribution in [0.15, 0.2) is 24.3 Å². The normalized spacial score (nSPS) is 9.15. The summed E-state index contributed by atoms with van der Waals surface area (Å²) in [6, 6.07) is 7.72. The van der Waals surface area contributed by atoms with Crippen LogP contribution >= 0.6 is 24.8 Å². The number of carbonyl (C=O) groups excluding carboxylic acids is 1. The lowest BCUT2D eigenvalue weighted by molar-refractivity contribution is 0.0954. The van der Waals surface area contributed by atoms with Gasteiger partial charge in [0.05, 0.1) is 0 Å². The van der Waals surface area contributed by atoms with Crippen molar-refractivity contribution in [3.63, 3.8) is 0 Å². The Bertz CT molecular complexity index is 371. The van der Waals surface area contributed by atoms with Crippen LogP contribution in [0.4, 0.5) is 5.69 Å². The van der Waals surface area contributed by atoms with Crippen molar-refractivity contribution in [2.24, 2.45) is 0 Å². The number of carbonyl (C=O) groups is 1. The molecule has 116 valence electrons. The molecule has 0 atom stereocenters. The number of nitrogens with one attached hydrogen (secondary N) is 2. The van der Waals surface area contributed by atoms with Crippen LogP contribution in [0.25, 0.3) is 0 Å². The van der Waals surface area contributed by atoms with Gasteiger partial charge in [0.25, 0.3) is 5.91 Å². The number of hydrogen-bond acceptors (Lipinski definition) is 3. The Morgan fingerprint density at radius 1 is 1.15 bits per heavy atom. The van der Waals surface area contributed by atoms with Crippen LogP contribution in [0.5, 0.6) is 0 Å². The van der Waals surface area contributed by atoms with Crippen molar-refractivity contribution in [3.05, 3.63) is 29.8 Å². The molecule has 0 spiro atoms. The minimum Gasteiger partial charge on any atom is -0.375 e. The van der Waals surface area contributed by atoms with Crippen LogP contribution in [-0.4, -0.2) is 39.6 Å². The third-order valence-corrected chi connectivity index (χ3v) is 2.79. The van der Waals surface area contributed by atoms with Crippen molar-refractivity contribution >= 4 is 36.4 Å². The van der Waals surface area contributed by atoms with Crippen molar-refractivity contribution in [2.45, 2.75) is 13.3 Å². The second-order valence-electron chi connectivity index (χ2n) is 4.33. The fourth-order valence-electron chi connectivity index (χ4n) is 1.73. The lowest BCUT2D eigenvalue weighted by Crippen LogP contribution is -2.30. The summed E-state index contributed by atoms with van der Waals surface area (Å²) in [6.07, 6.45) is 1.11. The van der Waals surface area contributed by atoms with Gasteiger partial charge >= 0.3 is 0 Å². The predicted molar refractivity (Wildman–Crippen MR) is 90.8 cm³/mol. The zero-order valence-corrected chi connectivity index (χ0v) is 13.9. The van der Waals surface area contributed by atoms with E-state index in [2.05, 4.69) is 29.5 Å². The zero-order valence-electron chi connectivity index (χ0n) is 12.3. The standard InChI is InChI=1S/C14H23N3O.2ClH/c1-4-11-17(3)13-7-5-12(6-8-13)14(18)16-10-9-15-2;;/h5-8,15H,4,9-11H2,1-3H3,(H,16,18);2*1H. The SMILES string of the molecule is CCCN(C)c1ccc(C(=O)NCCNC)cc1.Cl.Cl. The lowest BCUT2D eigenvalue weighted by Gasteiger charge is -2.18. The van der Waals surface area contributed by atoms with E-state index in [1.165, 1.54) is 0 Å². The highest BCUT2D eigenvalue weighted by molar-refractivity contribution is 5.94. The summed E-state index contributed by atoms with van der Waals surface area (Å²) in [4.78, 5) is 14.0. The molecule has 1 aromatic rings. The third kappa shape index (κ3) is 6.98. The van der Waals surface area contributed by atoms with E-state index in [0.29, 0.717) is 12.1 Å². The van der Waals surface area contributed by atoms with Gasteiger partial charge in [-0.25, -0.2) is 0 Å². The first-order valence-electron chi connectivity index (χ1n) is 6.43. The van der Waals surface area contributed by atoms with Gasteiger partial charge in [0.1, 0.15) is 0 Å². The average Bonchev–Trinajstić information content (AvgIpc) is 2.39. The van der Waals surface area contributed by atoms with Crippen LogP contribution in [0.1, 0.15) is 23.7 Å². The Labute approximate surface area is 134 Å². The topological polar surface area (TPSA) is 44.4 Å². The first-order valence-corrected chi connectivity index (χ1v) is 6.43. The Kier molecular flexibility index (Phi) is 12.6. The molecule has 1 amide bonds. The van der Waals surface area contributed by atoms with Crippen molar-refractivity contribution in [1.82, 2.24) is 10.6 Å². The second-order valence-corrected chi connectivity index (χ2v) is 4.33. The van der Waals surface area contributed by atoms with Crippen molar-refractivity contribution in [2.75, 3.05) is 38.6 Å². The van der Waals surface area contributed by atoms with E-state index in [4.69, 9.17) is 0 Å². The van der Waals surface area contributed by atoms with E-state index in [1.807, 2.05) is 31.3 Å². The monoisotopic (exact) mass is 321 g/mol.